The van der Waals surface area contributed by atoms with E-state index in [0.29, 0.717) is 42.6 Å². The minimum atomic E-state index is -0.724. The molecule has 10 heteroatoms. The number of carbonyl (C=O) groups is 3. The first-order chi connectivity index (χ1) is 15.5. The summed E-state index contributed by atoms with van der Waals surface area (Å²) in [7, 11) is 0. The second-order valence-corrected chi connectivity index (χ2v) is 10.1. The number of aryl methyl sites for hydroxylation is 1. The first-order valence-electron chi connectivity index (χ1n) is 11.0. The van der Waals surface area contributed by atoms with Gasteiger partial charge in [-0.25, -0.2) is 14.6 Å². The van der Waals surface area contributed by atoms with Gasteiger partial charge in [-0.1, -0.05) is 32.4 Å². The van der Waals surface area contributed by atoms with Gasteiger partial charge in [0.05, 0.1) is 24.5 Å². The SMILES string of the molecule is Cc1ncc2n1C(=O)N(C1CCN(C(=O)[C@H](NC(=O)Nc3ccc(Cl)cc3)C(C)(C)C)C1)C2. The maximum atomic E-state index is 13.4. The van der Waals surface area contributed by atoms with Crippen LogP contribution in [-0.4, -0.2) is 62.5 Å². The number of halogens is 1. The van der Waals surface area contributed by atoms with Gasteiger partial charge in [-0.05, 0) is 43.0 Å². The molecule has 2 atom stereocenters. The number of hydrogen-bond acceptors (Lipinski definition) is 4. The van der Waals surface area contributed by atoms with Crippen LogP contribution in [0, 0.1) is 12.3 Å². The molecule has 4 amide bonds. The van der Waals surface area contributed by atoms with E-state index in [-0.39, 0.29) is 18.0 Å². The second kappa shape index (κ2) is 8.70. The minimum Gasteiger partial charge on any atom is -0.339 e. The molecule has 0 saturated carbocycles. The lowest BCUT2D eigenvalue weighted by atomic mass is 9.86. The highest BCUT2D eigenvalue weighted by Crippen LogP contribution is 2.28. The molecule has 9 nitrogen and oxygen atoms in total. The molecule has 0 aliphatic carbocycles. The molecule has 4 rings (SSSR count). The van der Waals surface area contributed by atoms with E-state index >= 15 is 0 Å². The molecule has 1 fully saturated rings. The fourth-order valence-corrected chi connectivity index (χ4v) is 4.51. The van der Waals surface area contributed by atoms with Gasteiger partial charge in [0.15, 0.2) is 0 Å². The summed E-state index contributed by atoms with van der Waals surface area (Å²) in [5.41, 5.74) is 0.951. The zero-order valence-electron chi connectivity index (χ0n) is 19.3. The highest BCUT2D eigenvalue weighted by Gasteiger charge is 2.42. The van der Waals surface area contributed by atoms with E-state index in [4.69, 9.17) is 11.6 Å². The van der Waals surface area contributed by atoms with E-state index in [1.165, 1.54) is 0 Å². The summed E-state index contributed by atoms with van der Waals surface area (Å²) < 4.78 is 1.63. The van der Waals surface area contributed by atoms with Gasteiger partial charge in [0.2, 0.25) is 5.91 Å². The summed E-state index contributed by atoms with van der Waals surface area (Å²) >= 11 is 5.89. The maximum absolute atomic E-state index is 13.4. The van der Waals surface area contributed by atoms with Crippen LogP contribution in [0.1, 0.15) is 38.7 Å². The van der Waals surface area contributed by atoms with Crippen LogP contribution in [0.2, 0.25) is 5.02 Å². The number of nitrogens with one attached hydrogen (secondary N) is 2. The molecule has 1 unspecified atom stereocenters. The molecule has 1 aromatic carbocycles. The van der Waals surface area contributed by atoms with E-state index in [1.54, 1.807) is 39.9 Å². The second-order valence-electron chi connectivity index (χ2n) is 9.67. The third kappa shape index (κ3) is 4.68. The number of likely N-dealkylation sites (tertiary alicyclic amines) is 1. The zero-order valence-corrected chi connectivity index (χ0v) is 20.0. The van der Waals surface area contributed by atoms with Crippen LogP contribution in [0.5, 0.6) is 0 Å². The number of carbonyl (C=O) groups excluding carboxylic acids is 3. The van der Waals surface area contributed by atoms with Crippen LogP contribution in [0.15, 0.2) is 30.5 Å². The molecule has 0 radical (unpaired) electrons. The molecule has 1 saturated heterocycles. The molecular formula is C23H29ClN6O3. The van der Waals surface area contributed by atoms with Crippen molar-refractivity contribution < 1.29 is 14.4 Å². The van der Waals surface area contributed by atoms with Gasteiger partial charge >= 0.3 is 12.1 Å². The van der Waals surface area contributed by atoms with E-state index < -0.39 is 17.5 Å². The summed E-state index contributed by atoms with van der Waals surface area (Å²) in [5, 5.41) is 6.16. The molecule has 33 heavy (non-hydrogen) atoms. The summed E-state index contributed by atoms with van der Waals surface area (Å²) in [6.45, 7) is 9.03. The summed E-state index contributed by atoms with van der Waals surface area (Å²) in [6.07, 6.45) is 2.42. The third-order valence-corrected chi connectivity index (χ3v) is 6.44. The average Bonchev–Trinajstić information content (AvgIpc) is 3.44. The van der Waals surface area contributed by atoms with Gasteiger partial charge in [0, 0.05) is 23.8 Å². The zero-order chi connectivity index (χ0) is 23.9. The Morgan fingerprint density at radius 1 is 1.21 bits per heavy atom. The molecular weight excluding hydrogens is 444 g/mol. The fourth-order valence-electron chi connectivity index (χ4n) is 4.38. The number of imidazole rings is 1. The van der Waals surface area contributed by atoms with Gasteiger partial charge in [0.1, 0.15) is 11.9 Å². The van der Waals surface area contributed by atoms with Gasteiger partial charge in [0.25, 0.3) is 0 Å². The predicted molar refractivity (Wildman–Crippen MR) is 125 cm³/mol. The Labute approximate surface area is 198 Å². The number of nitrogens with zero attached hydrogens (tertiary/aromatic N) is 4. The molecule has 3 heterocycles. The smallest absolute Gasteiger partial charge is 0.330 e. The van der Waals surface area contributed by atoms with Crippen LogP contribution < -0.4 is 10.6 Å². The van der Waals surface area contributed by atoms with Crippen molar-refractivity contribution in [1.82, 2.24) is 24.7 Å². The number of fused-ring (bicyclic) bond motifs is 1. The molecule has 2 aliphatic rings. The number of hydrogen-bond donors (Lipinski definition) is 2. The van der Waals surface area contributed by atoms with E-state index in [9.17, 15) is 14.4 Å². The number of anilines is 1. The highest BCUT2D eigenvalue weighted by molar-refractivity contribution is 6.30. The van der Waals surface area contributed by atoms with Gasteiger partial charge in [-0.15, -0.1) is 0 Å². The number of rotatable bonds is 4. The Hall–Kier alpha value is -3.07. The molecule has 0 spiro atoms. The van der Waals surface area contributed by atoms with Crippen molar-refractivity contribution in [2.75, 3.05) is 18.4 Å². The Bertz CT molecular complexity index is 1070. The van der Waals surface area contributed by atoms with Crippen molar-refractivity contribution in [2.45, 2.75) is 52.7 Å². The summed E-state index contributed by atoms with van der Waals surface area (Å²) in [5.74, 6) is 0.521. The first kappa shape index (κ1) is 23.1. The highest BCUT2D eigenvalue weighted by atomic mass is 35.5. The monoisotopic (exact) mass is 472 g/mol. The first-order valence-corrected chi connectivity index (χ1v) is 11.4. The summed E-state index contributed by atoms with van der Waals surface area (Å²) in [6, 6.07) is 5.42. The van der Waals surface area contributed by atoms with Crippen LogP contribution in [0.4, 0.5) is 15.3 Å². The van der Waals surface area contributed by atoms with Crippen molar-refractivity contribution in [3.63, 3.8) is 0 Å². The quantitative estimate of drug-likeness (QED) is 0.711. The maximum Gasteiger partial charge on any atom is 0.330 e. The van der Waals surface area contributed by atoms with Gasteiger partial charge in [-0.2, -0.15) is 0 Å². The summed E-state index contributed by atoms with van der Waals surface area (Å²) in [4.78, 5) is 46.7. The van der Waals surface area contributed by atoms with Crippen LogP contribution in [0.25, 0.3) is 0 Å². The van der Waals surface area contributed by atoms with Gasteiger partial charge < -0.3 is 20.4 Å². The normalized spacial score (nSPS) is 18.9. The lowest BCUT2D eigenvalue weighted by Gasteiger charge is -2.33. The predicted octanol–water partition coefficient (Wildman–Crippen LogP) is 3.47. The van der Waals surface area contributed by atoms with Gasteiger partial charge in [-0.3, -0.25) is 9.36 Å². The Balaban J connectivity index is 1.41. The van der Waals surface area contributed by atoms with E-state index in [0.717, 1.165) is 5.69 Å². The molecule has 2 aromatic rings. The molecule has 1 aromatic heterocycles. The van der Waals surface area contributed by atoms with Crippen LogP contribution >= 0.6 is 11.6 Å². The number of aromatic nitrogens is 2. The fraction of sp³-hybridized carbons (Fsp3) is 0.478. The van der Waals surface area contributed by atoms with E-state index in [1.807, 2.05) is 32.6 Å². The Kier molecular flexibility index (Phi) is 6.09. The standard InChI is InChI=1S/C23H29ClN6O3/c1-14-25-11-18-13-29(22(33)30(14)18)17-9-10-28(12-17)20(31)19(23(2,3)4)27-21(32)26-16-7-5-15(24)6-8-16/h5-8,11,17,19H,9-10,12-13H2,1-4H3,(H2,26,27,32)/t17?,19-/m0/s1. The third-order valence-electron chi connectivity index (χ3n) is 6.19. The van der Waals surface area contributed by atoms with Crippen LogP contribution in [-0.2, 0) is 11.3 Å². The molecule has 176 valence electrons. The number of urea groups is 1. The topological polar surface area (TPSA) is 99.6 Å². The van der Waals surface area contributed by atoms with Crippen molar-refractivity contribution in [3.05, 3.63) is 47.0 Å². The lowest BCUT2D eigenvalue weighted by Crippen LogP contribution is -2.55. The van der Waals surface area contributed by atoms with E-state index in [2.05, 4.69) is 15.6 Å². The Morgan fingerprint density at radius 2 is 1.91 bits per heavy atom. The lowest BCUT2D eigenvalue weighted by molar-refractivity contribution is -0.134. The number of amides is 4. The van der Waals surface area contributed by atoms with Crippen molar-refractivity contribution >= 4 is 35.3 Å². The molecule has 2 N–H and O–H groups in total. The van der Waals surface area contributed by atoms with Crippen molar-refractivity contribution in [2.24, 2.45) is 5.41 Å². The van der Waals surface area contributed by atoms with Crippen LogP contribution in [0.3, 0.4) is 0 Å². The largest absolute Gasteiger partial charge is 0.339 e. The molecule has 0 bridgehead atoms. The molecule has 2 aliphatic heterocycles. The minimum absolute atomic E-state index is 0.0655. The van der Waals surface area contributed by atoms with Crippen molar-refractivity contribution in [1.29, 1.82) is 0 Å². The van der Waals surface area contributed by atoms with Crippen molar-refractivity contribution in [3.8, 4) is 0 Å². The average molecular weight is 473 g/mol. The number of benzene rings is 1. The Morgan fingerprint density at radius 3 is 2.55 bits per heavy atom.